The zero-order valence-corrected chi connectivity index (χ0v) is 22.9. The molecule has 2 fully saturated rings. The molecular weight excluding hydrogens is 573 g/mol. The van der Waals surface area contributed by atoms with E-state index in [0.717, 1.165) is 0 Å². The second-order valence-corrected chi connectivity index (χ2v) is 11.1. The summed E-state index contributed by atoms with van der Waals surface area (Å²) in [6.07, 6.45) is -2.20. The molecule has 2 aliphatic rings. The first-order valence-corrected chi connectivity index (χ1v) is 13.8. The zero-order valence-electron chi connectivity index (χ0n) is 22.1. The van der Waals surface area contributed by atoms with Crippen LogP contribution in [0.25, 0.3) is 5.65 Å². The quantitative estimate of drug-likeness (QED) is 0.380. The summed E-state index contributed by atoms with van der Waals surface area (Å²) in [5.74, 6) is -6.67. The first-order chi connectivity index (χ1) is 19.3. The van der Waals surface area contributed by atoms with Crippen LogP contribution in [-0.4, -0.2) is 54.8 Å². The van der Waals surface area contributed by atoms with Crippen LogP contribution in [-0.2, 0) is 17.8 Å². The standard InChI is InChI=1S/C26H29ClF5N7O2/c1-2-38-20(5-8-34-38)24(41)36-22(14-3-6-25(28,29)7-4-14)19-13-39-21(35-19)11-17(27)18(37-39)10-15-9-16(26(30,31)32)12-33-23(15)40/h5,8,11,13-16,22H,2-4,6-7,9-10,12H2,1H3,(H,33,40)(H,36,41)/t15?,16-,22-/m0/s1. The van der Waals surface area contributed by atoms with Crippen LogP contribution in [0, 0.1) is 17.8 Å². The van der Waals surface area contributed by atoms with E-state index >= 15 is 0 Å². The van der Waals surface area contributed by atoms with Crippen LogP contribution in [0.1, 0.15) is 66.9 Å². The number of imidazole rings is 1. The number of piperidine rings is 1. The molecule has 4 heterocycles. The van der Waals surface area contributed by atoms with E-state index < -0.39 is 48.3 Å². The fourth-order valence-corrected chi connectivity index (χ4v) is 5.84. The summed E-state index contributed by atoms with van der Waals surface area (Å²) in [5, 5.41) is 13.9. The number of halogens is 6. The zero-order chi connectivity index (χ0) is 29.5. The Bertz CT molecular complexity index is 1430. The van der Waals surface area contributed by atoms with E-state index in [9.17, 15) is 31.5 Å². The van der Waals surface area contributed by atoms with Crippen molar-refractivity contribution in [3.05, 3.63) is 46.6 Å². The van der Waals surface area contributed by atoms with Crippen molar-refractivity contribution in [3.8, 4) is 0 Å². The van der Waals surface area contributed by atoms with Gasteiger partial charge in [-0.3, -0.25) is 14.3 Å². The van der Waals surface area contributed by atoms with Crippen LogP contribution in [0.15, 0.2) is 24.5 Å². The van der Waals surface area contributed by atoms with E-state index in [0.29, 0.717) is 23.6 Å². The van der Waals surface area contributed by atoms with Gasteiger partial charge in [0, 0.05) is 50.5 Å². The van der Waals surface area contributed by atoms with Gasteiger partial charge < -0.3 is 10.6 Å². The first-order valence-electron chi connectivity index (χ1n) is 13.4. The van der Waals surface area contributed by atoms with Crippen molar-refractivity contribution in [3.63, 3.8) is 0 Å². The lowest BCUT2D eigenvalue weighted by molar-refractivity contribution is -0.183. The van der Waals surface area contributed by atoms with Crippen LogP contribution < -0.4 is 10.6 Å². The molecule has 3 aromatic rings. The Kier molecular flexibility index (Phi) is 7.96. The Morgan fingerprint density at radius 1 is 1.29 bits per heavy atom. The predicted octanol–water partition coefficient (Wildman–Crippen LogP) is 4.75. The van der Waals surface area contributed by atoms with Crippen molar-refractivity contribution in [2.75, 3.05) is 6.54 Å². The highest BCUT2D eigenvalue weighted by molar-refractivity contribution is 6.31. The number of aromatic nitrogens is 5. The van der Waals surface area contributed by atoms with E-state index in [1.165, 1.54) is 21.5 Å². The van der Waals surface area contributed by atoms with Gasteiger partial charge in [-0.25, -0.2) is 18.3 Å². The minimum Gasteiger partial charge on any atom is -0.355 e. The maximum atomic E-state index is 14.0. The number of nitrogens with zero attached hydrogens (tertiary/aromatic N) is 5. The Morgan fingerprint density at radius 2 is 2.02 bits per heavy atom. The number of carbonyl (C=O) groups is 2. The fraction of sp³-hybridized carbons (Fsp3) is 0.577. The van der Waals surface area contributed by atoms with Crippen molar-refractivity contribution in [1.29, 1.82) is 0 Å². The summed E-state index contributed by atoms with van der Waals surface area (Å²) in [5.41, 5.74) is 1.21. The number of carbonyl (C=O) groups excluding carboxylic acids is 2. The third-order valence-electron chi connectivity index (χ3n) is 7.95. The lowest BCUT2D eigenvalue weighted by Crippen LogP contribution is -2.47. The van der Waals surface area contributed by atoms with Crippen molar-refractivity contribution >= 4 is 29.1 Å². The van der Waals surface area contributed by atoms with E-state index in [1.54, 1.807) is 12.3 Å². The van der Waals surface area contributed by atoms with Gasteiger partial charge in [-0.05, 0) is 38.2 Å². The third kappa shape index (κ3) is 6.31. The fourth-order valence-electron chi connectivity index (χ4n) is 5.63. The molecule has 2 amide bonds. The van der Waals surface area contributed by atoms with Crippen molar-refractivity contribution in [2.24, 2.45) is 17.8 Å². The topological polar surface area (TPSA) is 106 Å². The van der Waals surface area contributed by atoms with Crippen LogP contribution >= 0.6 is 11.6 Å². The molecule has 1 aliphatic carbocycles. The number of hydrogen-bond donors (Lipinski definition) is 2. The molecular formula is C26H29ClF5N7O2. The molecule has 41 heavy (non-hydrogen) atoms. The van der Waals surface area contributed by atoms with Crippen LogP contribution in [0.4, 0.5) is 22.0 Å². The van der Waals surface area contributed by atoms with E-state index in [4.69, 9.17) is 11.6 Å². The summed E-state index contributed by atoms with van der Waals surface area (Å²) in [6.45, 7) is 1.82. The molecule has 1 aliphatic heterocycles. The Labute approximate surface area is 236 Å². The molecule has 0 aromatic carbocycles. The molecule has 0 spiro atoms. The van der Waals surface area contributed by atoms with Gasteiger partial charge in [0.25, 0.3) is 5.91 Å². The van der Waals surface area contributed by atoms with Crippen molar-refractivity contribution in [1.82, 2.24) is 35.0 Å². The highest BCUT2D eigenvalue weighted by Crippen LogP contribution is 2.41. The summed E-state index contributed by atoms with van der Waals surface area (Å²) >= 11 is 6.42. The molecule has 222 valence electrons. The molecule has 15 heteroatoms. The second-order valence-electron chi connectivity index (χ2n) is 10.7. The summed E-state index contributed by atoms with van der Waals surface area (Å²) in [4.78, 5) is 30.1. The number of amides is 2. The third-order valence-corrected chi connectivity index (χ3v) is 8.27. The lowest BCUT2D eigenvalue weighted by Gasteiger charge is -2.33. The van der Waals surface area contributed by atoms with Crippen molar-refractivity contribution < 1.29 is 31.5 Å². The number of rotatable bonds is 7. The number of aryl methyl sites for hydroxylation is 1. The van der Waals surface area contributed by atoms with Gasteiger partial charge in [0.05, 0.1) is 34.6 Å². The van der Waals surface area contributed by atoms with E-state index in [-0.39, 0.29) is 55.2 Å². The maximum absolute atomic E-state index is 14.0. The van der Waals surface area contributed by atoms with Crippen LogP contribution in [0.3, 0.4) is 0 Å². The number of alkyl halides is 5. The number of hydrogen-bond acceptors (Lipinski definition) is 5. The highest BCUT2D eigenvalue weighted by Gasteiger charge is 2.45. The normalized spacial score (nSPS) is 22.5. The summed E-state index contributed by atoms with van der Waals surface area (Å²) < 4.78 is 70.7. The largest absolute Gasteiger partial charge is 0.393 e. The molecule has 0 radical (unpaired) electrons. The molecule has 1 saturated carbocycles. The van der Waals surface area contributed by atoms with Gasteiger partial charge in [-0.2, -0.15) is 23.4 Å². The average molecular weight is 602 g/mol. The van der Waals surface area contributed by atoms with Gasteiger partial charge in [0.15, 0.2) is 5.65 Å². The molecule has 5 rings (SSSR count). The molecule has 1 unspecified atom stereocenters. The molecule has 3 aromatic heterocycles. The SMILES string of the molecule is CCn1nccc1C(=O)N[C@H](c1cn2nc(CC3C[C@H](C(F)(F)F)CNC3=O)c(Cl)cc2n1)C1CCC(F)(F)CC1. The van der Waals surface area contributed by atoms with Gasteiger partial charge >= 0.3 is 6.18 Å². The Hall–Kier alpha value is -3.29. The molecule has 2 N–H and O–H groups in total. The smallest absolute Gasteiger partial charge is 0.355 e. The predicted molar refractivity (Wildman–Crippen MR) is 137 cm³/mol. The number of fused-ring (bicyclic) bond motifs is 1. The summed E-state index contributed by atoms with van der Waals surface area (Å²) in [7, 11) is 0. The first kappa shape index (κ1) is 29.2. The average Bonchev–Trinajstić information content (AvgIpc) is 3.55. The van der Waals surface area contributed by atoms with Crippen molar-refractivity contribution in [2.45, 2.75) is 70.1 Å². The molecule has 9 nitrogen and oxygen atoms in total. The second kappa shape index (κ2) is 11.2. The molecule has 3 atom stereocenters. The Balaban J connectivity index is 1.43. The van der Waals surface area contributed by atoms with E-state index in [2.05, 4.69) is 25.8 Å². The van der Waals surface area contributed by atoms with Gasteiger partial charge in [0.2, 0.25) is 11.8 Å². The highest BCUT2D eigenvalue weighted by atomic mass is 35.5. The lowest BCUT2D eigenvalue weighted by atomic mass is 9.81. The van der Waals surface area contributed by atoms with Crippen LogP contribution in [0.5, 0.6) is 0 Å². The van der Waals surface area contributed by atoms with E-state index in [1.807, 2.05) is 6.92 Å². The van der Waals surface area contributed by atoms with Gasteiger partial charge in [0.1, 0.15) is 5.69 Å². The summed E-state index contributed by atoms with van der Waals surface area (Å²) in [6, 6.07) is 2.32. The minimum atomic E-state index is -4.44. The minimum absolute atomic E-state index is 0.112. The Morgan fingerprint density at radius 3 is 2.71 bits per heavy atom. The van der Waals surface area contributed by atoms with Gasteiger partial charge in [-0.15, -0.1) is 0 Å². The monoisotopic (exact) mass is 601 g/mol. The number of nitrogens with one attached hydrogen (secondary N) is 2. The maximum Gasteiger partial charge on any atom is 0.393 e. The molecule has 0 bridgehead atoms. The molecule has 1 saturated heterocycles. The van der Waals surface area contributed by atoms with Gasteiger partial charge in [-0.1, -0.05) is 11.6 Å². The van der Waals surface area contributed by atoms with Crippen LogP contribution in [0.2, 0.25) is 5.02 Å².